The number of pyridine rings is 1. The van der Waals surface area contributed by atoms with E-state index in [9.17, 15) is 14.4 Å². The van der Waals surface area contributed by atoms with Gasteiger partial charge < -0.3 is 25.6 Å². The quantitative estimate of drug-likeness (QED) is 0.306. The molecule has 1 fully saturated rings. The van der Waals surface area contributed by atoms with E-state index in [4.69, 9.17) is 4.74 Å². The molecule has 1 atom stereocenters. The molecular formula is C29H28N6O4S. The highest BCUT2D eigenvalue weighted by atomic mass is 32.1. The Kier molecular flexibility index (Phi) is 6.82. The fourth-order valence-electron chi connectivity index (χ4n) is 5.17. The van der Waals surface area contributed by atoms with Gasteiger partial charge in [0.05, 0.1) is 29.0 Å². The standard InChI is InChI=1S/C29H28N6O4S/c1-17-14-20(39-19-6-4-3-5-7-19)8-9-21(17)35-22-10-12-31-28-24(22)25(33-29(35)38)26(40-28)27(37)32-18-11-13-34(16-18)23(36)15-30-2/h3-10,12,14,18,30H,11,13,15-16H2,1-2H3,(H,32,37)(H,33,38)/t18-/m1/s1. The number of amides is 4. The van der Waals surface area contributed by atoms with Gasteiger partial charge in [-0.15, -0.1) is 11.3 Å². The van der Waals surface area contributed by atoms with E-state index in [1.807, 2.05) is 55.5 Å². The molecule has 4 heterocycles. The molecule has 1 saturated heterocycles. The van der Waals surface area contributed by atoms with Crippen molar-refractivity contribution in [2.45, 2.75) is 19.4 Å². The third-order valence-electron chi connectivity index (χ3n) is 7.04. The second-order valence-corrected chi connectivity index (χ2v) is 10.8. The van der Waals surface area contributed by atoms with Crippen LogP contribution in [0, 0.1) is 6.92 Å². The normalized spacial score (nSPS) is 16.2. The molecule has 10 nitrogen and oxygen atoms in total. The van der Waals surface area contributed by atoms with Crippen molar-refractivity contribution in [3.05, 3.63) is 71.2 Å². The third kappa shape index (κ3) is 4.74. The van der Waals surface area contributed by atoms with Gasteiger partial charge in [0.2, 0.25) is 5.91 Å². The summed E-state index contributed by atoms with van der Waals surface area (Å²) in [4.78, 5) is 48.0. The summed E-state index contributed by atoms with van der Waals surface area (Å²) < 4.78 is 5.96. The van der Waals surface area contributed by atoms with E-state index in [1.165, 1.54) is 11.3 Å². The number of likely N-dealkylation sites (tertiary alicyclic amines) is 1. The fourth-order valence-corrected chi connectivity index (χ4v) is 6.19. The Balaban J connectivity index is 1.27. The number of urea groups is 1. The molecule has 0 bridgehead atoms. The summed E-state index contributed by atoms with van der Waals surface area (Å²) in [7, 11) is 1.73. The van der Waals surface area contributed by atoms with Crippen LogP contribution in [0.1, 0.15) is 21.7 Å². The Labute approximate surface area is 234 Å². The van der Waals surface area contributed by atoms with Gasteiger partial charge in [-0.1, -0.05) is 18.2 Å². The van der Waals surface area contributed by atoms with E-state index in [-0.39, 0.29) is 30.4 Å². The van der Waals surface area contributed by atoms with Crippen molar-refractivity contribution in [1.82, 2.24) is 20.5 Å². The first-order valence-corrected chi connectivity index (χ1v) is 13.8. The maximum absolute atomic E-state index is 13.5. The Morgan fingerprint density at radius 3 is 2.73 bits per heavy atom. The summed E-state index contributed by atoms with van der Waals surface area (Å²) in [5, 5.41) is 9.58. The Bertz CT molecular complexity index is 1620. The Morgan fingerprint density at radius 1 is 1.12 bits per heavy atom. The molecule has 0 unspecified atom stereocenters. The van der Waals surface area contributed by atoms with Crippen LogP contribution in [0.5, 0.6) is 11.5 Å². The zero-order valence-electron chi connectivity index (χ0n) is 22.1. The largest absolute Gasteiger partial charge is 0.457 e. The van der Waals surface area contributed by atoms with Crippen molar-refractivity contribution >= 4 is 56.5 Å². The third-order valence-corrected chi connectivity index (χ3v) is 8.14. The number of hydrogen-bond acceptors (Lipinski definition) is 7. The Hall–Kier alpha value is -4.48. The molecule has 4 aromatic rings. The number of aryl methyl sites for hydroxylation is 1. The number of hydrogen-bond donors (Lipinski definition) is 3. The average molecular weight is 557 g/mol. The molecule has 2 aliphatic rings. The van der Waals surface area contributed by atoms with Crippen LogP contribution in [0.4, 0.5) is 21.9 Å². The number of ether oxygens (including phenoxy) is 1. The predicted octanol–water partition coefficient (Wildman–Crippen LogP) is 4.63. The molecule has 0 radical (unpaired) electrons. The fraction of sp³-hybridized carbons (Fsp3) is 0.241. The highest BCUT2D eigenvalue weighted by molar-refractivity contribution is 7.21. The van der Waals surface area contributed by atoms with Crippen LogP contribution in [0.3, 0.4) is 0 Å². The number of rotatable bonds is 7. The minimum Gasteiger partial charge on any atom is -0.457 e. The van der Waals surface area contributed by atoms with Gasteiger partial charge >= 0.3 is 6.03 Å². The Morgan fingerprint density at radius 2 is 1.95 bits per heavy atom. The lowest BCUT2D eigenvalue weighted by Crippen LogP contribution is -2.40. The SMILES string of the molecule is CNCC(=O)N1CC[C@@H](NC(=O)c2sc3nccc4c3c2NC(=O)N4c2ccc(Oc3ccccc3)cc2C)C1. The molecule has 6 rings (SSSR count). The average Bonchev–Trinajstić information content (AvgIpc) is 3.56. The lowest BCUT2D eigenvalue weighted by atomic mass is 10.1. The highest BCUT2D eigenvalue weighted by Gasteiger charge is 2.34. The summed E-state index contributed by atoms with van der Waals surface area (Å²) in [6, 6.07) is 16.3. The molecule has 204 valence electrons. The molecule has 3 N–H and O–H groups in total. The summed E-state index contributed by atoms with van der Waals surface area (Å²) in [5.74, 6) is 1.11. The van der Waals surface area contributed by atoms with Gasteiger partial charge in [0.25, 0.3) is 5.91 Å². The smallest absolute Gasteiger partial charge is 0.331 e. The first-order chi connectivity index (χ1) is 19.4. The van der Waals surface area contributed by atoms with Gasteiger partial charge in [-0.25, -0.2) is 9.78 Å². The van der Waals surface area contributed by atoms with Gasteiger partial charge in [0, 0.05) is 25.3 Å². The zero-order chi connectivity index (χ0) is 27.8. The number of aromatic nitrogens is 1. The lowest BCUT2D eigenvalue weighted by molar-refractivity contribution is -0.129. The number of likely N-dealkylation sites (N-methyl/N-ethyl adjacent to an activating group) is 1. The summed E-state index contributed by atoms with van der Waals surface area (Å²) in [5.41, 5.74) is 2.67. The molecule has 0 saturated carbocycles. The number of benzene rings is 2. The summed E-state index contributed by atoms with van der Waals surface area (Å²) >= 11 is 1.24. The molecule has 2 aliphatic heterocycles. The maximum atomic E-state index is 13.5. The monoisotopic (exact) mass is 556 g/mol. The molecule has 4 amide bonds. The molecule has 11 heteroatoms. The number of carbonyl (C=O) groups is 3. The second kappa shape index (κ2) is 10.6. The minimum atomic E-state index is -0.364. The first kappa shape index (κ1) is 25.8. The number of nitrogens with one attached hydrogen (secondary N) is 3. The van der Waals surface area contributed by atoms with Gasteiger partial charge in [-0.2, -0.15) is 0 Å². The van der Waals surface area contributed by atoms with Crippen LogP contribution in [0.15, 0.2) is 60.8 Å². The van der Waals surface area contributed by atoms with Crippen LogP contribution in [-0.4, -0.2) is 60.5 Å². The molecular weight excluding hydrogens is 528 g/mol. The van der Waals surface area contributed by atoms with Crippen molar-refractivity contribution in [2.75, 3.05) is 36.9 Å². The number of anilines is 3. The second-order valence-electron chi connectivity index (χ2n) is 9.77. The topological polar surface area (TPSA) is 116 Å². The minimum absolute atomic E-state index is 0.00681. The van der Waals surface area contributed by atoms with Gasteiger partial charge in [0.15, 0.2) is 0 Å². The van der Waals surface area contributed by atoms with Crippen LogP contribution >= 0.6 is 11.3 Å². The number of para-hydroxylation sites is 1. The van der Waals surface area contributed by atoms with Gasteiger partial charge in [0.1, 0.15) is 21.2 Å². The van der Waals surface area contributed by atoms with Gasteiger partial charge in [-0.3, -0.25) is 14.5 Å². The van der Waals surface area contributed by atoms with E-state index in [1.54, 1.807) is 29.1 Å². The number of thiophene rings is 1. The van der Waals surface area contributed by atoms with Crippen LogP contribution in [-0.2, 0) is 4.79 Å². The number of nitrogens with zero attached hydrogens (tertiary/aromatic N) is 3. The molecule has 2 aromatic carbocycles. The highest BCUT2D eigenvalue weighted by Crippen LogP contribution is 2.46. The zero-order valence-corrected chi connectivity index (χ0v) is 22.9. The summed E-state index contributed by atoms with van der Waals surface area (Å²) in [6.07, 6.45) is 2.32. The maximum Gasteiger partial charge on any atom is 0.331 e. The van der Waals surface area contributed by atoms with Crippen LogP contribution < -0.4 is 25.6 Å². The molecule has 2 aromatic heterocycles. The summed E-state index contributed by atoms with van der Waals surface area (Å²) in [6.45, 7) is 3.24. The first-order valence-electron chi connectivity index (χ1n) is 13.0. The van der Waals surface area contributed by atoms with Crippen LogP contribution in [0.25, 0.3) is 10.2 Å². The molecule has 0 aliphatic carbocycles. The van der Waals surface area contributed by atoms with Crippen molar-refractivity contribution in [2.24, 2.45) is 0 Å². The van der Waals surface area contributed by atoms with Crippen molar-refractivity contribution in [3.8, 4) is 11.5 Å². The van der Waals surface area contributed by atoms with Crippen LogP contribution in [0.2, 0.25) is 0 Å². The molecule has 40 heavy (non-hydrogen) atoms. The lowest BCUT2D eigenvalue weighted by Gasteiger charge is -2.29. The van der Waals surface area contributed by atoms with E-state index >= 15 is 0 Å². The predicted molar refractivity (Wildman–Crippen MR) is 155 cm³/mol. The number of carbonyl (C=O) groups excluding carboxylic acids is 3. The van der Waals surface area contributed by atoms with Crippen molar-refractivity contribution < 1.29 is 19.1 Å². The van der Waals surface area contributed by atoms with E-state index < -0.39 is 0 Å². The van der Waals surface area contributed by atoms with Gasteiger partial charge in [-0.05, 0) is 62.4 Å². The van der Waals surface area contributed by atoms with Crippen molar-refractivity contribution in [1.29, 1.82) is 0 Å². The van der Waals surface area contributed by atoms with E-state index in [0.717, 1.165) is 16.7 Å². The van der Waals surface area contributed by atoms with E-state index in [2.05, 4.69) is 20.9 Å². The molecule has 0 spiro atoms. The van der Waals surface area contributed by atoms with Crippen molar-refractivity contribution in [3.63, 3.8) is 0 Å². The van der Waals surface area contributed by atoms with E-state index in [0.29, 0.717) is 52.0 Å².